The van der Waals surface area contributed by atoms with E-state index in [2.05, 4.69) is 11.1 Å². The maximum Gasteiger partial charge on any atom is 0.0724 e. The number of nitrogens with zero attached hydrogens (tertiary/aromatic N) is 1. The largest absolute Gasteiger partial charge is 0.367 e. The summed E-state index contributed by atoms with van der Waals surface area (Å²) in [6, 6.07) is 4.18. The lowest BCUT2D eigenvalue weighted by molar-refractivity contribution is 0.820. The van der Waals surface area contributed by atoms with Crippen LogP contribution in [0.1, 0.15) is 24.8 Å². The maximum atomic E-state index is 8.63. The lowest BCUT2D eigenvalue weighted by Gasteiger charge is -1.99. The number of nitriles is 1. The molecule has 1 aromatic heterocycles. The molecule has 0 fully saturated rings. The summed E-state index contributed by atoms with van der Waals surface area (Å²) in [4.78, 5) is 2.93. The Kier molecular flexibility index (Phi) is 2.11. The first-order chi connectivity index (χ1) is 4.88. The van der Waals surface area contributed by atoms with Crippen molar-refractivity contribution >= 4 is 0 Å². The SMILES string of the molecule is CCC(C#N)c1cc[nH]c1. The highest BCUT2D eigenvalue weighted by atomic mass is 14.6. The Morgan fingerprint density at radius 1 is 1.80 bits per heavy atom. The molecule has 2 nitrogen and oxygen atoms in total. The van der Waals surface area contributed by atoms with Gasteiger partial charge >= 0.3 is 0 Å². The quantitative estimate of drug-likeness (QED) is 0.660. The average Bonchev–Trinajstić information content (AvgIpc) is 2.43. The molecule has 1 rings (SSSR count). The summed E-state index contributed by atoms with van der Waals surface area (Å²) in [5.41, 5.74) is 1.09. The van der Waals surface area contributed by atoms with Gasteiger partial charge in [-0.2, -0.15) is 5.26 Å². The van der Waals surface area contributed by atoms with Crippen LogP contribution >= 0.6 is 0 Å². The number of hydrogen-bond acceptors (Lipinski definition) is 1. The van der Waals surface area contributed by atoms with Crippen LogP contribution in [0.4, 0.5) is 0 Å². The topological polar surface area (TPSA) is 39.6 Å². The molecule has 0 aliphatic rings. The van der Waals surface area contributed by atoms with Crippen molar-refractivity contribution in [3.8, 4) is 6.07 Å². The first kappa shape index (κ1) is 6.88. The zero-order chi connectivity index (χ0) is 7.40. The molecular weight excluding hydrogens is 124 g/mol. The van der Waals surface area contributed by atoms with E-state index in [0.717, 1.165) is 12.0 Å². The van der Waals surface area contributed by atoms with Gasteiger partial charge in [-0.1, -0.05) is 6.92 Å². The Morgan fingerprint density at radius 3 is 3.00 bits per heavy atom. The third-order valence-electron chi connectivity index (χ3n) is 1.59. The first-order valence-electron chi connectivity index (χ1n) is 3.40. The molecule has 52 valence electrons. The normalized spacial score (nSPS) is 12.4. The fraction of sp³-hybridized carbons (Fsp3) is 0.375. The standard InChI is InChI=1S/C8H10N2/c1-2-7(5-9)8-3-4-10-6-8/h3-4,6-7,10H,2H2,1H3. The van der Waals surface area contributed by atoms with E-state index in [1.807, 2.05) is 25.4 Å². The monoisotopic (exact) mass is 134 g/mol. The van der Waals surface area contributed by atoms with Crippen molar-refractivity contribution in [3.05, 3.63) is 24.0 Å². The summed E-state index contributed by atoms with van der Waals surface area (Å²) < 4.78 is 0. The van der Waals surface area contributed by atoms with E-state index < -0.39 is 0 Å². The highest BCUT2D eigenvalue weighted by molar-refractivity contribution is 5.20. The van der Waals surface area contributed by atoms with E-state index in [4.69, 9.17) is 5.26 Å². The van der Waals surface area contributed by atoms with E-state index in [9.17, 15) is 0 Å². The molecule has 0 aromatic carbocycles. The second-order valence-corrected chi connectivity index (χ2v) is 2.23. The number of nitrogens with one attached hydrogen (secondary N) is 1. The van der Waals surface area contributed by atoms with Crippen LogP contribution in [0.15, 0.2) is 18.5 Å². The molecule has 0 aliphatic heterocycles. The predicted molar refractivity (Wildman–Crippen MR) is 39.4 cm³/mol. The number of aromatic amines is 1. The van der Waals surface area contributed by atoms with E-state index in [1.54, 1.807) is 0 Å². The van der Waals surface area contributed by atoms with Crippen molar-refractivity contribution in [1.29, 1.82) is 5.26 Å². The Labute approximate surface area is 60.5 Å². The summed E-state index contributed by atoms with van der Waals surface area (Å²) >= 11 is 0. The van der Waals surface area contributed by atoms with Gasteiger partial charge in [0.1, 0.15) is 0 Å². The van der Waals surface area contributed by atoms with E-state index in [0.29, 0.717) is 0 Å². The summed E-state index contributed by atoms with van der Waals surface area (Å²) in [5.74, 6) is 0.0613. The summed E-state index contributed by atoms with van der Waals surface area (Å²) in [5, 5.41) is 8.63. The van der Waals surface area contributed by atoms with Gasteiger partial charge in [0.25, 0.3) is 0 Å². The van der Waals surface area contributed by atoms with Gasteiger partial charge in [0.2, 0.25) is 0 Å². The second kappa shape index (κ2) is 3.07. The van der Waals surface area contributed by atoms with E-state index in [-0.39, 0.29) is 5.92 Å². The first-order valence-corrected chi connectivity index (χ1v) is 3.40. The van der Waals surface area contributed by atoms with Crippen molar-refractivity contribution in [2.24, 2.45) is 0 Å². The molecule has 0 amide bonds. The van der Waals surface area contributed by atoms with Crippen molar-refractivity contribution in [2.75, 3.05) is 0 Å². The zero-order valence-corrected chi connectivity index (χ0v) is 5.96. The van der Waals surface area contributed by atoms with Gasteiger partial charge in [0.15, 0.2) is 0 Å². The molecule has 0 saturated carbocycles. The van der Waals surface area contributed by atoms with Gasteiger partial charge in [-0.15, -0.1) is 0 Å². The Hall–Kier alpha value is -1.23. The van der Waals surface area contributed by atoms with Crippen molar-refractivity contribution in [2.45, 2.75) is 19.3 Å². The molecule has 0 bridgehead atoms. The summed E-state index contributed by atoms with van der Waals surface area (Å²) in [6.07, 6.45) is 4.60. The van der Waals surface area contributed by atoms with Gasteiger partial charge < -0.3 is 4.98 Å². The molecule has 0 radical (unpaired) electrons. The highest BCUT2D eigenvalue weighted by Crippen LogP contribution is 2.16. The minimum atomic E-state index is 0.0613. The highest BCUT2D eigenvalue weighted by Gasteiger charge is 2.06. The van der Waals surface area contributed by atoms with Gasteiger partial charge in [-0.05, 0) is 18.1 Å². The molecule has 1 N–H and O–H groups in total. The van der Waals surface area contributed by atoms with Crippen molar-refractivity contribution in [1.82, 2.24) is 4.98 Å². The molecule has 0 saturated heterocycles. The Morgan fingerprint density at radius 2 is 2.60 bits per heavy atom. The van der Waals surface area contributed by atoms with Gasteiger partial charge in [0, 0.05) is 12.4 Å². The van der Waals surface area contributed by atoms with Crippen LogP contribution in [0.25, 0.3) is 0 Å². The number of aromatic nitrogens is 1. The third-order valence-corrected chi connectivity index (χ3v) is 1.59. The third kappa shape index (κ3) is 1.19. The zero-order valence-electron chi connectivity index (χ0n) is 5.96. The Balaban J connectivity index is 2.76. The van der Waals surface area contributed by atoms with Gasteiger partial charge in [0.05, 0.1) is 12.0 Å². The van der Waals surface area contributed by atoms with Crippen LogP contribution < -0.4 is 0 Å². The van der Waals surface area contributed by atoms with Crippen LogP contribution in [0.2, 0.25) is 0 Å². The summed E-state index contributed by atoms with van der Waals surface area (Å²) in [7, 11) is 0. The summed E-state index contributed by atoms with van der Waals surface area (Å²) in [6.45, 7) is 2.01. The molecule has 1 aromatic rings. The predicted octanol–water partition coefficient (Wildman–Crippen LogP) is 2.03. The van der Waals surface area contributed by atoms with E-state index in [1.165, 1.54) is 0 Å². The number of hydrogen-bond donors (Lipinski definition) is 1. The van der Waals surface area contributed by atoms with Gasteiger partial charge in [-0.3, -0.25) is 0 Å². The van der Waals surface area contributed by atoms with Crippen LogP contribution in [0.3, 0.4) is 0 Å². The lowest BCUT2D eigenvalue weighted by atomic mass is 10.0. The van der Waals surface area contributed by atoms with Gasteiger partial charge in [-0.25, -0.2) is 0 Å². The van der Waals surface area contributed by atoms with Crippen molar-refractivity contribution < 1.29 is 0 Å². The molecule has 10 heavy (non-hydrogen) atoms. The molecule has 0 aliphatic carbocycles. The van der Waals surface area contributed by atoms with Crippen molar-refractivity contribution in [3.63, 3.8) is 0 Å². The maximum absolute atomic E-state index is 8.63. The van der Waals surface area contributed by atoms with E-state index >= 15 is 0 Å². The number of rotatable bonds is 2. The minimum Gasteiger partial charge on any atom is -0.367 e. The number of H-pyrrole nitrogens is 1. The lowest BCUT2D eigenvalue weighted by Crippen LogP contribution is -1.89. The fourth-order valence-electron chi connectivity index (χ4n) is 0.955. The molecule has 0 spiro atoms. The van der Waals surface area contributed by atoms with Crippen LogP contribution in [0.5, 0.6) is 0 Å². The molecular formula is C8H10N2. The van der Waals surface area contributed by atoms with Crippen LogP contribution in [0, 0.1) is 11.3 Å². The molecule has 1 atom stereocenters. The Bertz CT molecular complexity index is 218. The second-order valence-electron chi connectivity index (χ2n) is 2.23. The molecule has 1 unspecified atom stereocenters. The molecule has 1 heterocycles. The fourth-order valence-corrected chi connectivity index (χ4v) is 0.955. The van der Waals surface area contributed by atoms with Crippen LogP contribution in [-0.2, 0) is 0 Å². The minimum absolute atomic E-state index is 0.0613. The smallest absolute Gasteiger partial charge is 0.0724 e. The average molecular weight is 134 g/mol. The van der Waals surface area contributed by atoms with Crippen LogP contribution in [-0.4, -0.2) is 4.98 Å². The molecule has 2 heteroatoms.